The molecule has 0 spiro atoms. The molecule has 4 heterocycles. The maximum absolute atomic E-state index is 13.4. The van der Waals surface area contributed by atoms with Gasteiger partial charge in [-0.2, -0.15) is 0 Å². The highest BCUT2D eigenvalue weighted by Gasteiger charge is 2.37. The van der Waals surface area contributed by atoms with E-state index in [-0.39, 0.29) is 18.0 Å². The number of urea groups is 1. The number of benzene rings is 2. The summed E-state index contributed by atoms with van der Waals surface area (Å²) < 4.78 is 0. The summed E-state index contributed by atoms with van der Waals surface area (Å²) in [7, 11) is 0. The van der Waals surface area contributed by atoms with E-state index in [1.807, 2.05) is 65.3 Å². The molecule has 0 atom stereocenters. The molecular formula is C30H35N5O3S. The largest absolute Gasteiger partial charge is 0.385 e. The number of piperidine rings is 2. The van der Waals surface area contributed by atoms with Gasteiger partial charge in [-0.1, -0.05) is 59.9 Å². The van der Waals surface area contributed by atoms with Crippen LogP contribution in [0.4, 0.5) is 15.6 Å². The van der Waals surface area contributed by atoms with Gasteiger partial charge in [0, 0.05) is 44.5 Å². The second-order valence-electron chi connectivity index (χ2n) is 10.8. The van der Waals surface area contributed by atoms with E-state index < -0.39 is 5.60 Å². The molecule has 0 radical (unpaired) electrons. The number of aryl methyl sites for hydroxylation is 1. The lowest BCUT2D eigenvalue weighted by molar-refractivity contribution is -0.0210. The van der Waals surface area contributed by atoms with Gasteiger partial charge in [-0.05, 0) is 56.2 Å². The Labute approximate surface area is 233 Å². The summed E-state index contributed by atoms with van der Waals surface area (Å²) in [5.41, 5.74) is 2.88. The highest BCUT2D eigenvalue weighted by Crippen LogP contribution is 2.35. The molecule has 204 valence electrons. The lowest BCUT2D eigenvalue weighted by Gasteiger charge is -2.38. The number of anilines is 2. The Morgan fingerprint density at radius 2 is 1.69 bits per heavy atom. The van der Waals surface area contributed by atoms with Gasteiger partial charge in [-0.3, -0.25) is 4.79 Å². The molecular weight excluding hydrogens is 510 g/mol. The van der Waals surface area contributed by atoms with Crippen molar-refractivity contribution < 1.29 is 14.7 Å². The van der Waals surface area contributed by atoms with E-state index in [2.05, 4.69) is 16.3 Å². The molecule has 39 heavy (non-hydrogen) atoms. The van der Waals surface area contributed by atoms with Crippen molar-refractivity contribution in [2.75, 3.05) is 42.9 Å². The lowest BCUT2D eigenvalue weighted by atomic mass is 9.84. The van der Waals surface area contributed by atoms with Gasteiger partial charge >= 0.3 is 6.03 Å². The zero-order valence-corrected chi connectivity index (χ0v) is 23.1. The van der Waals surface area contributed by atoms with Crippen LogP contribution in [0, 0.1) is 6.92 Å². The van der Waals surface area contributed by atoms with Gasteiger partial charge in [0.25, 0.3) is 5.91 Å². The van der Waals surface area contributed by atoms with E-state index >= 15 is 0 Å². The van der Waals surface area contributed by atoms with Crippen molar-refractivity contribution in [3.63, 3.8) is 0 Å². The third kappa shape index (κ3) is 5.13. The number of aliphatic hydroxyl groups is 1. The normalized spacial score (nSPS) is 19.8. The first kappa shape index (κ1) is 25.8. The Balaban J connectivity index is 1.06. The van der Waals surface area contributed by atoms with Gasteiger partial charge in [-0.25, -0.2) is 9.78 Å². The number of thiazole rings is 1. The summed E-state index contributed by atoms with van der Waals surface area (Å²) in [6, 6.07) is 17.9. The molecule has 6 rings (SSSR count). The summed E-state index contributed by atoms with van der Waals surface area (Å²) in [5.74, 6) is 0.00190. The Morgan fingerprint density at radius 1 is 1.00 bits per heavy atom. The second kappa shape index (κ2) is 10.6. The van der Waals surface area contributed by atoms with E-state index in [1.165, 1.54) is 16.9 Å². The summed E-state index contributed by atoms with van der Waals surface area (Å²) in [4.78, 5) is 37.9. The first-order chi connectivity index (χ1) is 18.9. The van der Waals surface area contributed by atoms with Gasteiger partial charge in [0.1, 0.15) is 4.88 Å². The summed E-state index contributed by atoms with van der Waals surface area (Å²) in [6.07, 6.45) is 3.64. The number of hydrogen-bond acceptors (Lipinski definition) is 6. The van der Waals surface area contributed by atoms with Crippen LogP contribution in [0.2, 0.25) is 0 Å². The zero-order chi connectivity index (χ0) is 27.0. The molecule has 9 heteroatoms. The maximum atomic E-state index is 13.4. The topological polar surface area (TPSA) is 89.0 Å². The molecule has 0 saturated carbocycles. The van der Waals surface area contributed by atoms with E-state index in [0.717, 1.165) is 61.0 Å². The Bertz CT molecular complexity index is 1340. The van der Waals surface area contributed by atoms with E-state index in [0.29, 0.717) is 30.8 Å². The average molecular weight is 546 g/mol. The minimum atomic E-state index is -0.886. The summed E-state index contributed by atoms with van der Waals surface area (Å²) in [5, 5.41) is 15.1. The molecule has 8 nitrogen and oxygen atoms in total. The molecule has 2 aromatic carbocycles. The van der Waals surface area contributed by atoms with Crippen LogP contribution in [0.3, 0.4) is 0 Å². The molecule has 1 aromatic heterocycles. The first-order valence-corrected chi connectivity index (χ1v) is 14.7. The van der Waals surface area contributed by atoms with Crippen LogP contribution in [0.25, 0.3) is 0 Å². The molecule has 3 aromatic rings. The molecule has 0 unspecified atom stereocenters. The van der Waals surface area contributed by atoms with Crippen LogP contribution in [-0.4, -0.2) is 70.6 Å². The minimum absolute atomic E-state index is 0.00190. The highest BCUT2D eigenvalue weighted by atomic mass is 32.1. The van der Waals surface area contributed by atoms with Crippen molar-refractivity contribution in [2.45, 2.75) is 50.7 Å². The van der Waals surface area contributed by atoms with Crippen molar-refractivity contribution in [1.29, 1.82) is 0 Å². The predicted octanol–water partition coefficient (Wildman–Crippen LogP) is 4.63. The lowest BCUT2D eigenvalue weighted by Crippen LogP contribution is -2.48. The fourth-order valence-electron chi connectivity index (χ4n) is 6.08. The van der Waals surface area contributed by atoms with E-state index in [1.54, 1.807) is 0 Å². The van der Waals surface area contributed by atoms with E-state index in [9.17, 15) is 14.7 Å². The van der Waals surface area contributed by atoms with E-state index in [4.69, 9.17) is 4.98 Å². The van der Waals surface area contributed by atoms with Crippen molar-refractivity contribution in [2.24, 2.45) is 0 Å². The van der Waals surface area contributed by atoms with Crippen molar-refractivity contribution in [3.05, 3.63) is 76.3 Å². The van der Waals surface area contributed by atoms with Gasteiger partial charge in [-0.15, -0.1) is 0 Å². The zero-order valence-electron chi connectivity index (χ0n) is 22.3. The number of fused-ring (bicyclic) bond motifs is 1. The van der Waals surface area contributed by atoms with Crippen LogP contribution < -0.4 is 10.2 Å². The van der Waals surface area contributed by atoms with Gasteiger partial charge in [0.05, 0.1) is 11.3 Å². The molecule has 2 N–H and O–H groups in total. The molecule has 0 aliphatic carbocycles. The summed E-state index contributed by atoms with van der Waals surface area (Å²) in [6.45, 7) is 5.26. The van der Waals surface area contributed by atoms with Gasteiger partial charge in [0.2, 0.25) is 0 Å². The molecule has 0 bridgehead atoms. The SMILES string of the molecule is Cc1nc(N2CCC(N3CCc4ccccc4NC3=O)CC2)sc1C(=O)N1CCC(O)(c2ccccc2)CC1. The Morgan fingerprint density at radius 3 is 2.44 bits per heavy atom. The molecule has 2 fully saturated rings. The predicted molar refractivity (Wildman–Crippen MR) is 153 cm³/mol. The number of nitrogens with zero attached hydrogens (tertiary/aromatic N) is 4. The minimum Gasteiger partial charge on any atom is -0.385 e. The molecule has 2 saturated heterocycles. The number of amides is 3. The maximum Gasteiger partial charge on any atom is 0.322 e. The van der Waals surface area contributed by atoms with Crippen LogP contribution >= 0.6 is 11.3 Å². The van der Waals surface area contributed by atoms with Crippen molar-refractivity contribution in [1.82, 2.24) is 14.8 Å². The first-order valence-electron chi connectivity index (χ1n) is 13.9. The third-order valence-electron chi connectivity index (χ3n) is 8.49. The number of carbonyl (C=O) groups is 2. The number of likely N-dealkylation sites (tertiary alicyclic amines) is 1. The Hall–Kier alpha value is -3.43. The quantitative estimate of drug-likeness (QED) is 0.499. The molecule has 3 amide bonds. The smallest absolute Gasteiger partial charge is 0.322 e. The van der Waals surface area contributed by atoms with Crippen molar-refractivity contribution >= 4 is 34.1 Å². The third-order valence-corrected chi connectivity index (χ3v) is 9.69. The standard InChI is InChI=1S/C30H35N5O3S/c1-21-26(27(36)33-19-14-30(38,15-20-33)23-8-3-2-4-9-23)39-29(31-21)34-16-12-24(13-17-34)35-18-11-22-7-5-6-10-25(22)32-28(35)37/h2-10,24,38H,11-20H2,1H3,(H,32,37). The monoisotopic (exact) mass is 545 g/mol. The number of hydrogen-bond donors (Lipinski definition) is 2. The summed E-state index contributed by atoms with van der Waals surface area (Å²) >= 11 is 1.46. The number of rotatable bonds is 4. The number of nitrogens with one attached hydrogen (secondary N) is 1. The van der Waals surface area contributed by atoms with Crippen LogP contribution in [0.1, 0.15) is 52.2 Å². The van der Waals surface area contributed by atoms with Crippen molar-refractivity contribution in [3.8, 4) is 0 Å². The number of aromatic nitrogens is 1. The fraction of sp³-hybridized carbons (Fsp3) is 0.433. The van der Waals surface area contributed by atoms with Gasteiger partial charge < -0.3 is 25.1 Å². The molecule has 3 aliphatic heterocycles. The second-order valence-corrected chi connectivity index (χ2v) is 11.8. The highest BCUT2D eigenvalue weighted by molar-refractivity contribution is 7.17. The van der Waals surface area contributed by atoms with Crippen LogP contribution in [0.15, 0.2) is 54.6 Å². The number of para-hydroxylation sites is 1. The molecule has 3 aliphatic rings. The Kier molecular flexibility index (Phi) is 7.03. The average Bonchev–Trinajstić information content (AvgIpc) is 3.27. The number of carbonyl (C=O) groups excluding carboxylic acids is 2. The fourth-order valence-corrected chi connectivity index (χ4v) is 7.17. The van der Waals surface area contributed by atoms with Gasteiger partial charge in [0.15, 0.2) is 5.13 Å². The van der Waals surface area contributed by atoms with Crippen LogP contribution in [-0.2, 0) is 12.0 Å². The van der Waals surface area contributed by atoms with Crippen LogP contribution in [0.5, 0.6) is 0 Å².